The monoisotopic (exact) mass is 427 g/mol. The van der Waals surface area contributed by atoms with Gasteiger partial charge in [-0.2, -0.15) is 5.10 Å². The normalized spacial score (nSPS) is 15.2. The van der Waals surface area contributed by atoms with Gasteiger partial charge in [-0.25, -0.2) is 4.98 Å². The molecule has 1 fully saturated rings. The number of thiazole rings is 1. The van der Waals surface area contributed by atoms with Gasteiger partial charge in [-0.3, -0.25) is 19.3 Å². The molecule has 0 bridgehead atoms. The number of hydrogen-bond acceptors (Lipinski definition) is 6. The minimum atomic E-state index is -0.101. The van der Waals surface area contributed by atoms with Crippen molar-refractivity contribution >= 4 is 32.6 Å². The number of rotatable bonds is 6. The first-order valence-electron chi connectivity index (χ1n) is 10.5. The van der Waals surface area contributed by atoms with Crippen LogP contribution >= 0.6 is 11.3 Å². The highest BCUT2D eigenvalue weighted by atomic mass is 32.1. The summed E-state index contributed by atoms with van der Waals surface area (Å²) in [5.74, 6) is -0.101. The molecular formula is C22H29N5O2S. The zero-order chi connectivity index (χ0) is 21.3. The number of amides is 1. The van der Waals surface area contributed by atoms with Gasteiger partial charge in [-0.05, 0) is 51.0 Å². The summed E-state index contributed by atoms with van der Waals surface area (Å²) >= 11 is 1.57. The van der Waals surface area contributed by atoms with Gasteiger partial charge >= 0.3 is 0 Å². The number of aryl methyl sites for hydroxylation is 2. The van der Waals surface area contributed by atoms with Crippen LogP contribution in [0.3, 0.4) is 0 Å². The van der Waals surface area contributed by atoms with Gasteiger partial charge in [0.2, 0.25) is 0 Å². The summed E-state index contributed by atoms with van der Waals surface area (Å²) in [5.41, 5.74) is 3.77. The van der Waals surface area contributed by atoms with Crippen molar-refractivity contribution < 1.29 is 9.53 Å². The summed E-state index contributed by atoms with van der Waals surface area (Å²) in [4.78, 5) is 22.4. The molecule has 0 spiro atoms. The molecule has 1 aromatic carbocycles. The Hall–Kier alpha value is -2.29. The fraction of sp³-hybridized carbons (Fsp3) is 0.500. The number of nitrogens with zero attached hydrogens (tertiary/aromatic N) is 5. The van der Waals surface area contributed by atoms with Crippen LogP contribution in [0.4, 0.5) is 5.13 Å². The lowest BCUT2D eigenvalue weighted by molar-refractivity contribution is 0.0391. The second-order valence-electron chi connectivity index (χ2n) is 8.11. The third-order valence-corrected chi connectivity index (χ3v) is 6.42. The first-order chi connectivity index (χ1) is 14.4. The molecule has 3 aromatic rings. The number of benzene rings is 1. The van der Waals surface area contributed by atoms with Crippen LogP contribution in [-0.2, 0) is 4.74 Å². The van der Waals surface area contributed by atoms with Crippen LogP contribution in [0.2, 0.25) is 0 Å². The highest BCUT2D eigenvalue weighted by Gasteiger charge is 2.25. The highest BCUT2D eigenvalue weighted by molar-refractivity contribution is 7.22. The maximum absolute atomic E-state index is 13.5. The van der Waals surface area contributed by atoms with Crippen LogP contribution in [0.1, 0.15) is 41.5 Å². The first kappa shape index (κ1) is 21.0. The van der Waals surface area contributed by atoms with E-state index < -0.39 is 0 Å². The van der Waals surface area contributed by atoms with Gasteiger partial charge in [0.05, 0.1) is 23.4 Å². The van der Waals surface area contributed by atoms with E-state index in [9.17, 15) is 4.79 Å². The summed E-state index contributed by atoms with van der Waals surface area (Å²) in [6.45, 7) is 12.9. The van der Waals surface area contributed by atoms with Crippen molar-refractivity contribution in [3.05, 3.63) is 41.2 Å². The second-order valence-corrected chi connectivity index (χ2v) is 9.12. The van der Waals surface area contributed by atoms with Crippen LogP contribution in [-0.4, -0.2) is 65.0 Å². The van der Waals surface area contributed by atoms with Crippen molar-refractivity contribution in [1.29, 1.82) is 0 Å². The molecule has 0 N–H and O–H groups in total. The zero-order valence-corrected chi connectivity index (χ0v) is 18.9. The number of ether oxygens (including phenoxy) is 1. The smallest absolute Gasteiger partial charge is 0.280 e. The summed E-state index contributed by atoms with van der Waals surface area (Å²) in [5, 5.41) is 5.24. The lowest BCUT2D eigenvalue weighted by Crippen LogP contribution is -2.43. The van der Waals surface area contributed by atoms with Gasteiger partial charge in [0, 0.05) is 38.4 Å². The Labute approximate surface area is 181 Å². The van der Waals surface area contributed by atoms with E-state index in [1.807, 2.05) is 10.9 Å². The Morgan fingerprint density at radius 1 is 1.27 bits per heavy atom. The Kier molecular flexibility index (Phi) is 6.17. The molecule has 0 aliphatic carbocycles. The Morgan fingerprint density at radius 3 is 2.73 bits per heavy atom. The topological polar surface area (TPSA) is 63.5 Å². The minimum absolute atomic E-state index is 0.101. The Morgan fingerprint density at radius 2 is 2.03 bits per heavy atom. The average molecular weight is 428 g/mol. The summed E-state index contributed by atoms with van der Waals surface area (Å²) in [7, 11) is 0. The molecule has 0 unspecified atom stereocenters. The Bertz CT molecular complexity index is 1040. The SMILES string of the molecule is Cc1cc(C)c2nc(N(CCN3CCOCC3)C(=O)c3ccn(C(C)C)n3)sc2c1. The largest absolute Gasteiger partial charge is 0.379 e. The van der Waals surface area contributed by atoms with Gasteiger partial charge in [-0.15, -0.1) is 0 Å². The van der Waals surface area contributed by atoms with Crippen molar-refractivity contribution in [3.8, 4) is 0 Å². The van der Waals surface area contributed by atoms with E-state index in [2.05, 4.69) is 49.8 Å². The molecule has 0 atom stereocenters. The molecule has 3 heterocycles. The predicted octanol–water partition coefficient (Wildman–Crippen LogP) is 3.67. The fourth-order valence-corrected chi connectivity index (χ4v) is 4.87. The van der Waals surface area contributed by atoms with E-state index in [0.29, 0.717) is 12.2 Å². The van der Waals surface area contributed by atoms with Crippen molar-refractivity contribution in [1.82, 2.24) is 19.7 Å². The number of morpholine rings is 1. The van der Waals surface area contributed by atoms with E-state index in [1.165, 1.54) is 5.56 Å². The quantitative estimate of drug-likeness (QED) is 0.601. The Balaban J connectivity index is 1.65. The van der Waals surface area contributed by atoms with Crippen LogP contribution in [0.25, 0.3) is 10.2 Å². The fourth-order valence-electron chi connectivity index (χ4n) is 3.70. The van der Waals surface area contributed by atoms with E-state index in [1.54, 1.807) is 22.3 Å². The maximum atomic E-state index is 13.5. The lowest BCUT2D eigenvalue weighted by atomic mass is 10.1. The molecular weight excluding hydrogens is 398 g/mol. The molecule has 0 radical (unpaired) electrons. The van der Waals surface area contributed by atoms with Crippen LogP contribution in [0.5, 0.6) is 0 Å². The molecule has 7 nitrogen and oxygen atoms in total. The van der Waals surface area contributed by atoms with E-state index in [-0.39, 0.29) is 11.9 Å². The highest BCUT2D eigenvalue weighted by Crippen LogP contribution is 2.32. The molecule has 1 amide bonds. The summed E-state index contributed by atoms with van der Waals surface area (Å²) in [6.07, 6.45) is 1.86. The average Bonchev–Trinajstić information content (AvgIpc) is 3.36. The molecule has 160 valence electrons. The number of hydrogen-bond donors (Lipinski definition) is 0. The number of carbonyl (C=O) groups is 1. The first-order valence-corrected chi connectivity index (χ1v) is 11.3. The third kappa shape index (κ3) is 4.40. The summed E-state index contributed by atoms with van der Waals surface area (Å²) < 4.78 is 8.38. The van der Waals surface area contributed by atoms with E-state index >= 15 is 0 Å². The molecule has 1 aliphatic heterocycles. The van der Waals surface area contributed by atoms with Gasteiger partial charge in [0.1, 0.15) is 0 Å². The molecule has 1 aliphatic rings. The van der Waals surface area contributed by atoms with Gasteiger partial charge in [-0.1, -0.05) is 17.4 Å². The number of anilines is 1. The van der Waals surface area contributed by atoms with E-state index in [4.69, 9.17) is 9.72 Å². The van der Waals surface area contributed by atoms with Crippen LogP contribution in [0.15, 0.2) is 24.4 Å². The second kappa shape index (κ2) is 8.83. The van der Waals surface area contributed by atoms with E-state index in [0.717, 1.165) is 53.8 Å². The maximum Gasteiger partial charge on any atom is 0.280 e. The predicted molar refractivity (Wildman–Crippen MR) is 121 cm³/mol. The number of fused-ring (bicyclic) bond motifs is 1. The number of aromatic nitrogens is 3. The zero-order valence-electron chi connectivity index (χ0n) is 18.1. The molecule has 1 saturated heterocycles. The van der Waals surface area contributed by atoms with Crippen molar-refractivity contribution in [2.45, 2.75) is 33.7 Å². The van der Waals surface area contributed by atoms with Crippen LogP contribution in [0, 0.1) is 13.8 Å². The van der Waals surface area contributed by atoms with Crippen molar-refractivity contribution in [2.75, 3.05) is 44.3 Å². The van der Waals surface area contributed by atoms with Gasteiger partial charge < -0.3 is 4.74 Å². The molecule has 2 aromatic heterocycles. The van der Waals surface area contributed by atoms with Crippen molar-refractivity contribution in [2.24, 2.45) is 0 Å². The third-order valence-electron chi connectivity index (χ3n) is 5.39. The van der Waals surface area contributed by atoms with Crippen LogP contribution < -0.4 is 4.90 Å². The molecule has 8 heteroatoms. The summed E-state index contributed by atoms with van der Waals surface area (Å²) in [6, 6.07) is 6.28. The van der Waals surface area contributed by atoms with Crippen molar-refractivity contribution in [3.63, 3.8) is 0 Å². The molecule has 30 heavy (non-hydrogen) atoms. The van der Waals surface area contributed by atoms with Gasteiger partial charge in [0.25, 0.3) is 5.91 Å². The standard InChI is InChI=1S/C22H29N5O2S/c1-15(2)27-6-5-18(24-27)21(28)26(8-7-25-9-11-29-12-10-25)22-23-20-17(4)13-16(3)14-19(20)30-22/h5-6,13-15H,7-12H2,1-4H3. The lowest BCUT2D eigenvalue weighted by Gasteiger charge is -2.29. The van der Waals surface area contributed by atoms with Gasteiger partial charge in [0.15, 0.2) is 10.8 Å². The molecule has 4 rings (SSSR count). The number of carbonyl (C=O) groups excluding carboxylic acids is 1. The molecule has 0 saturated carbocycles. The minimum Gasteiger partial charge on any atom is -0.379 e.